The molecule has 0 unspecified atom stereocenters. The van der Waals surface area contributed by atoms with E-state index in [9.17, 15) is 9.18 Å². The molecule has 3 aromatic rings. The molecule has 8 heteroatoms. The van der Waals surface area contributed by atoms with E-state index in [1.54, 1.807) is 6.07 Å². The minimum atomic E-state index is -0.428. The zero-order chi connectivity index (χ0) is 26.6. The van der Waals surface area contributed by atoms with E-state index >= 15 is 0 Å². The molecule has 5 rings (SSSR count). The molecule has 0 aliphatic carbocycles. The Kier molecular flexibility index (Phi) is 9.55. The Morgan fingerprint density at radius 1 is 1.16 bits per heavy atom. The normalized spacial score (nSPS) is 15.9. The van der Waals surface area contributed by atoms with Crippen LogP contribution in [-0.2, 0) is 4.79 Å². The second-order valence-electron chi connectivity index (χ2n) is 9.47. The molecule has 2 aromatic carbocycles. The topological polar surface area (TPSA) is 66.9 Å². The number of fused-ring (bicyclic) bond motifs is 1. The van der Waals surface area contributed by atoms with Gasteiger partial charge in [-0.3, -0.25) is 4.79 Å². The molecule has 1 aromatic heterocycles. The van der Waals surface area contributed by atoms with Gasteiger partial charge in [0, 0.05) is 57.4 Å². The van der Waals surface area contributed by atoms with Crippen molar-refractivity contribution in [3.05, 3.63) is 48.3 Å². The number of likely N-dealkylation sites (N-methyl/N-ethyl adjacent to an activating group) is 1. The zero-order valence-corrected chi connectivity index (χ0v) is 22.4. The van der Waals surface area contributed by atoms with Gasteiger partial charge in [-0.2, -0.15) is 0 Å². The molecule has 2 aliphatic rings. The number of likely N-dealkylation sites (tertiary alicyclic amines) is 1. The monoisotopic (exact) mass is 526 g/mol. The molecular weight excluding hydrogens is 483 g/mol. The van der Waals surface area contributed by atoms with Crippen molar-refractivity contribution >= 4 is 22.5 Å². The Balaban J connectivity index is 0.00000130. The quantitative estimate of drug-likeness (QED) is 0.404. The highest BCUT2D eigenvalue weighted by Crippen LogP contribution is 2.45. The summed E-state index contributed by atoms with van der Waals surface area (Å²) >= 11 is 0. The third kappa shape index (κ3) is 5.55. The van der Waals surface area contributed by atoms with Crippen LogP contribution in [0, 0.1) is 11.2 Å². The number of methoxy groups -OCH3 is 1. The number of piperidine rings is 1. The minimum absolute atomic E-state index is 0. The summed E-state index contributed by atoms with van der Waals surface area (Å²) in [5.74, 6) is 0.729. The van der Waals surface area contributed by atoms with E-state index < -0.39 is 5.82 Å². The number of carbonyl (C=O) groups excluding carboxylic acids is 1. The predicted octanol–water partition coefficient (Wildman–Crippen LogP) is 5.61. The highest BCUT2D eigenvalue weighted by atomic mass is 19.1. The van der Waals surface area contributed by atoms with Crippen molar-refractivity contribution < 1.29 is 20.1 Å². The second kappa shape index (κ2) is 12.4. The standard InChI is InChI=1S/C27H31FN4O3.C2H6.CH4.H2/c1-29-10-12-35-19-7-5-18(6-8-19)22-14-24(20-13-21(28)25(34-3)15-23(20)30-22)32-16-27(17-32)9-4-11-31(2)26(27)33;1-2;;/h5-8,13-15,29H,4,9-12,16-17H2,1-3H3;1-2H3;1H4;1H. The summed E-state index contributed by atoms with van der Waals surface area (Å²) in [6, 6.07) is 12.9. The zero-order valence-electron chi connectivity index (χ0n) is 22.4. The highest BCUT2D eigenvalue weighted by Gasteiger charge is 2.52. The fourth-order valence-corrected chi connectivity index (χ4v) is 5.18. The molecule has 208 valence electrons. The molecule has 7 nitrogen and oxygen atoms in total. The van der Waals surface area contributed by atoms with Gasteiger partial charge in [-0.1, -0.05) is 21.3 Å². The number of carbonyl (C=O) groups is 1. The van der Waals surface area contributed by atoms with Crippen molar-refractivity contribution in [3.8, 4) is 22.8 Å². The van der Waals surface area contributed by atoms with Gasteiger partial charge in [0.1, 0.15) is 12.4 Å². The maximum absolute atomic E-state index is 14.7. The number of benzene rings is 2. The van der Waals surface area contributed by atoms with E-state index in [1.165, 1.54) is 13.2 Å². The lowest BCUT2D eigenvalue weighted by Crippen LogP contribution is -2.65. The maximum atomic E-state index is 14.7. The number of nitrogens with zero attached hydrogens (tertiary/aromatic N) is 3. The third-order valence-corrected chi connectivity index (χ3v) is 7.11. The molecule has 2 aliphatic heterocycles. The van der Waals surface area contributed by atoms with Crippen LogP contribution in [-0.4, -0.2) is 69.8 Å². The number of nitrogens with one attached hydrogen (secondary N) is 1. The van der Waals surface area contributed by atoms with Crippen molar-refractivity contribution in [1.29, 1.82) is 0 Å². The number of hydrogen-bond donors (Lipinski definition) is 1. The summed E-state index contributed by atoms with van der Waals surface area (Å²) in [6.07, 6.45) is 1.90. The molecule has 0 saturated carbocycles. The molecule has 3 heterocycles. The van der Waals surface area contributed by atoms with Crippen molar-refractivity contribution in [2.75, 3.05) is 58.9 Å². The van der Waals surface area contributed by atoms with E-state index in [0.29, 0.717) is 30.6 Å². The Labute approximate surface area is 227 Å². The van der Waals surface area contributed by atoms with Crippen LogP contribution >= 0.6 is 0 Å². The summed E-state index contributed by atoms with van der Waals surface area (Å²) in [5, 5.41) is 3.77. The second-order valence-corrected chi connectivity index (χ2v) is 9.47. The summed E-state index contributed by atoms with van der Waals surface area (Å²) in [6.45, 7) is 7.42. The molecule has 0 radical (unpaired) electrons. The summed E-state index contributed by atoms with van der Waals surface area (Å²) in [7, 11) is 5.21. The lowest BCUT2D eigenvalue weighted by Gasteiger charge is -2.53. The van der Waals surface area contributed by atoms with Gasteiger partial charge in [-0.25, -0.2) is 9.37 Å². The Bertz CT molecular complexity index is 1250. The number of aromatic nitrogens is 1. The number of anilines is 1. The van der Waals surface area contributed by atoms with Gasteiger partial charge in [-0.15, -0.1) is 0 Å². The molecule has 1 amide bonds. The third-order valence-electron chi connectivity index (χ3n) is 7.11. The van der Waals surface area contributed by atoms with E-state index in [0.717, 1.165) is 48.6 Å². The average Bonchev–Trinajstić information content (AvgIpc) is 2.90. The average molecular weight is 527 g/mol. The van der Waals surface area contributed by atoms with Crippen LogP contribution in [0.25, 0.3) is 22.2 Å². The number of pyridine rings is 1. The molecule has 38 heavy (non-hydrogen) atoms. The van der Waals surface area contributed by atoms with Gasteiger partial charge in [0.05, 0.1) is 23.7 Å². The van der Waals surface area contributed by atoms with E-state index in [4.69, 9.17) is 14.5 Å². The van der Waals surface area contributed by atoms with Gasteiger partial charge >= 0.3 is 0 Å². The fourth-order valence-electron chi connectivity index (χ4n) is 5.18. The largest absolute Gasteiger partial charge is 0.494 e. The Morgan fingerprint density at radius 2 is 1.87 bits per heavy atom. The summed E-state index contributed by atoms with van der Waals surface area (Å²) in [5.41, 5.74) is 2.89. The van der Waals surface area contributed by atoms with Crippen LogP contribution in [0.15, 0.2) is 42.5 Å². The number of hydrogen-bond acceptors (Lipinski definition) is 6. The lowest BCUT2D eigenvalue weighted by molar-refractivity contribution is -0.146. The van der Waals surface area contributed by atoms with Crippen LogP contribution in [0.5, 0.6) is 11.5 Å². The first kappa shape index (κ1) is 29.2. The van der Waals surface area contributed by atoms with E-state index in [-0.39, 0.29) is 25.9 Å². The van der Waals surface area contributed by atoms with Gasteiger partial charge < -0.3 is 24.6 Å². The highest BCUT2D eigenvalue weighted by molar-refractivity contribution is 5.97. The van der Waals surface area contributed by atoms with Crippen molar-refractivity contribution in [2.45, 2.75) is 34.1 Å². The molecular formula is C30H43FN4O3. The van der Waals surface area contributed by atoms with Crippen LogP contribution in [0.3, 0.4) is 0 Å². The van der Waals surface area contributed by atoms with E-state index in [2.05, 4.69) is 10.2 Å². The van der Waals surface area contributed by atoms with Gasteiger partial charge in [0.2, 0.25) is 5.91 Å². The van der Waals surface area contributed by atoms with Gasteiger partial charge in [-0.05, 0) is 56.3 Å². The van der Waals surface area contributed by atoms with Crippen molar-refractivity contribution in [3.63, 3.8) is 0 Å². The molecule has 0 bridgehead atoms. The van der Waals surface area contributed by atoms with Gasteiger partial charge in [0.15, 0.2) is 11.6 Å². The minimum Gasteiger partial charge on any atom is -0.494 e. The van der Waals surface area contributed by atoms with E-state index in [1.807, 2.05) is 63.2 Å². The summed E-state index contributed by atoms with van der Waals surface area (Å²) in [4.78, 5) is 21.8. The predicted molar refractivity (Wildman–Crippen MR) is 155 cm³/mol. The smallest absolute Gasteiger partial charge is 0.232 e. The molecule has 1 spiro atoms. The fraction of sp³-hybridized carbons (Fsp3) is 0.467. The lowest BCUT2D eigenvalue weighted by atomic mass is 9.72. The van der Waals surface area contributed by atoms with Crippen LogP contribution in [0.1, 0.15) is 35.5 Å². The van der Waals surface area contributed by atoms with Gasteiger partial charge in [0.25, 0.3) is 0 Å². The van der Waals surface area contributed by atoms with Crippen LogP contribution in [0.4, 0.5) is 10.1 Å². The first-order valence-corrected chi connectivity index (χ1v) is 13.0. The Morgan fingerprint density at radius 3 is 2.53 bits per heavy atom. The van der Waals surface area contributed by atoms with Crippen LogP contribution < -0.4 is 19.7 Å². The Hall–Kier alpha value is -3.39. The number of rotatable bonds is 7. The molecule has 2 saturated heterocycles. The molecule has 0 atom stereocenters. The molecule has 2 fully saturated rings. The summed E-state index contributed by atoms with van der Waals surface area (Å²) < 4.78 is 25.6. The first-order chi connectivity index (χ1) is 17.9. The van der Waals surface area contributed by atoms with Crippen LogP contribution in [0.2, 0.25) is 0 Å². The number of amides is 1. The number of ether oxygens (including phenoxy) is 2. The molecule has 1 N–H and O–H groups in total. The van der Waals surface area contributed by atoms with Crippen molar-refractivity contribution in [1.82, 2.24) is 15.2 Å². The first-order valence-electron chi connectivity index (χ1n) is 13.0. The van der Waals surface area contributed by atoms with Crippen molar-refractivity contribution in [2.24, 2.45) is 5.41 Å². The number of halogens is 1. The maximum Gasteiger partial charge on any atom is 0.232 e. The SMILES string of the molecule is C.CC.CNCCOc1ccc(-c2cc(N3CC4(CCCN(C)C4=O)C3)c3cc(F)c(OC)cc3n2)cc1.[HH].